The van der Waals surface area contributed by atoms with Gasteiger partial charge >= 0.3 is 5.69 Å². The minimum Gasteiger partial charge on any atom is -0.490 e. The Morgan fingerprint density at radius 2 is 1.73 bits per heavy atom. The number of nitrogens with zero attached hydrogens (tertiary/aromatic N) is 1. The van der Waals surface area contributed by atoms with Gasteiger partial charge in [0.05, 0.1) is 24.1 Å². The number of aromatic amines is 1. The highest BCUT2D eigenvalue weighted by atomic mass is 16.5. The smallest absolute Gasteiger partial charge is 0.328 e. The standard InChI is InChI=1S/C22H33N3O5/c1-5-15(4)23-20(26)11-9-8-10-12-25-21(27)16-13-18(29-6-2)19(30-7-3)14-17(16)24-22(25)28/h13-15H,5-12H2,1-4H3,(H,23,26)(H,24,28). The van der Waals surface area contributed by atoms with E-state index in [0.717, 1.165) is 12.8 Å². The van der Waals surface area contributed by atoms with Crippen LogP contribution in [-0.2, 0) is 11.3 Å². The number of fused-ring (bicyclic) bond motifs is 1. The number of carbonyl (C=O) groups excluding carboxylic acids is 1. The van der Waals surface area contributed by atoms with Crippen LogP contribution >= 0.6 is 0 Å². The summed E-state index contributed by atoms with van der Waals surface area (Å²) < 4.78 is 12.4. The molecule has 0 spiro atoms. The van der Waals surface area contributed by atoms with Gasteiger partial charge in [-0.1, -0.05) is 13.3 Å². The molecule has 2 N–H and O–H groups in total. The van der Waals surface area contributed by atoms with Crippen LogP contribution in [0.2, 0.25) is 0 Å². The second kappa shape index (κ2) is 11.4. The number of ether oxygens (including phenoxy) is 2. The summed E-state index contributed by atoms with van der Waals surface area (Å²) in [5.74, 6) is 1.02. The lowest BCUT2D eigenvalue weighted by Gasteiger charge is -2.13. The molecule has 0 aliphatic rings. The van der Waals surface area contributed by atoms with Gasteiger partial charge in [-0.25, -0.2) is 4.79 Å². The van der Waals surface area contributed by atoms with Gasteiger partial charge in [0.1, 0.15) is 0 Å². The van der Waals surface area contributed by atoms with E-state index < -0.39 is 5.69 Å². The van der Waals surface area contributed by atoms with Crippen LogP contribution in [0.1, 0.15) is 59.8 Å². The average molecular weight is 420 g/mol. The van der Waals surface area contributed by atoms with E-state index in [-0.39, 0.29) is 17.5 Å². The molecular formula is C22H33N3O5. The second-order valence-corrected chi connectivity index (χ2v) is 7.28. The number of hydrogen-bond acceptors (Lipinski definition) is 5. The molecule has 1 aromatic carbocycles. The highest BCUT2D eigenvalue weighted by molar-refractivity contribution is 5.81. The number of rotatable bonds is 12. The topological polar surface area (TPSA) is 102 Å². The number of carbonyl (C=O) groups is 1. The Hall–Kier alpha value is -2.77. The first-order valence-electron chi connectivity index (χ1n) is 10.8. The number of H-pyrrole nitrogens is 1. The van der Waals surface area contributed by atoms with E-state index in [9.17, 15) is 14.4 Å². The fraction of sp³-hybridized carbons (Fsp3) is 0.591. The van der Waals surface area contributed by atoms with E-state index in [0.29, 0.717) is 61.4 Å². The lowest BCUT2D eigenvalue weighted by molar-refractivity contribution is -0.121. The van der Waals surface area contributed by atoms with Gasteiger partial charge in [-0.3, -0.25) is 14.2 Å². The van der Waals surface area contributed by atoms with Crippen molar-refractivity contribution in [2.24, 2.45) is 0 Å². The molecule has 1 aromatic heterocycles. The van der Waals surface area contributed by atoms with E-state index in [2.05, 4.69) is 10.3 Å². The molecular weight excluding hydrogens is 386 g/mol. The Kier molecular flexibility index (Phi) is 8.95. The Morgan fingerprint density at radius 3 is 2.37 bits per heavy atom. The molecule has 0 radical (unpaired) electrons. The first kappa shape index (κ1) is 23.5. The summed E-state index contributed by atoms with van der Waals surface area (Å²) in [6.07, 6.45) is 3.46. The fourth-order valence-corrected chi connectivity index (χ4v) is 3.18. The van der Waals surface area contributed by atoms with Crippen LogP contribution in [0, 0.1) is 0 Å². The molecule has 1 heterocycles. The van der Waals surface area contributed by atoms with Gasteiger partial charge in [0.2, 0.25) is 5.91 Å². The number of aromatic nitrogens is 2. The van der Waals surface area contributed by atoms with E-state index in [1.165, 1.54) is 4.57 Å². The number of amides is 1. The molecule has 166 valence electrons. The Balaban J connectivity index is 2.09. The molecule has 0 aliphatic heterocycles. The third-order valence-corrected chi connectivity index (χ3v) is 4.95. The van der Waals surface area contributed by atoms with Crippen LogP contribution in [0.25, 0.3) is 10.9 Å². The van der Waals surface area contributed by atoms with E-state index in [1.54, 1.807) is 12.1 Å². The van der Waals surface area contributed by atoms with Crippen molar-refractivity contribution in [3.8, 4) is 11.5 Å². The van der Waals surface area contributed by atoms with Crippen molar-refractivity contribution < 1.29 is 14.3 Å². The maximum Gasteiger partial charge on any atom is 0.328 e. The molecule has 1 amide bonds. The van der Waals surface area contributed by atoms with Gasteiger partial charge in [0.15, 0.2) is 11.5 Å². The summed E-state index contributed by atoms with van der Waals surface area (Å²) in [6.45, 7) is 8.90. The van der Waals surface area contributed by atoms with Crippen molar-refractivity contribution in [1.29, 1.82) is 0 Å². The first-order chi connectivity index (χ1) is 14.4. The zero-order valence-electron chi connectivity index (χ0n) is 18.4. The highest BCUT2D eigenvalue weighted by Gasteiger charge is 2.13. The quantitative estimate of drug-likeness (QED) is 0.515. The average Bonchev–Trinajstić information content (AvgIpc) is 2.71. The third-order valence-electron chi connectivity index (χ3n) is 4.95. The lowest BCUT2D eigenvalue weighted by atomic mass is 10.1. The summed E-state index contributed by atoms with van der Waals surface area (Å²) in [6, 6.07) is 3.43. The maximum atomic E-state index is 12.9. The summed E-state index contributed by atoms with van der Waals surface area (Å²) in [7, 11) is 0. The van der Waals surface area contributed by atoms with E-state index in [4.69, 9.17) is 9.47 Å². The molecule has 0 saturated carbocycles. The van der Waals surface area contributed by atoms with Crippen LogP contribution in [0.4, 0.5) is 0 Å². The zero-order chi connectivity index (χ0) is 22.1. The minimum absolute atomic E-state index is 0.0404. The van der Waals surface area contributed by atoms with Crippen LogP contribution in [0.15, 0.2) is 21.7 Å². The van der Waals surface area contributed by atoms with Crippen molar-refractivity contribution in [3.05, 3.63) is 33.0 Å². The maximum absolute atomic E-state index is 12.9. The van der Waals surface area contributed by atoms with Crippen molar-refractivity contribution in [2.75, 3.05) is 13.2 Å². The molecule has 1 unspecified atom stereocenters. The van der Waals surface area contributed by atoms with E-state index in [1.807, 2.05) is 27.7 Å². The summed E-state index contributed by atoms with van der Waals surface area (Å²) >= 11 is 0. The summed E-state index contributed by atoms with van der Waals surface area (Å²) in [5.41, 5.74) is -0.379. The lowest BCUT2D eigenvalue weighted by Crippen LogP contribution is -2.35. The molecule has 0 bridgehead atoms. The van der Waals surface area contributed by atoms with Crippen LogP contribution < -0.4 is 26.0 Å². The van der Waals surface area contributed by atoms with Gasteiger partial charge in [0.25, 0.3) is 5.56 Å². The Labute approximate surface area is 176 Å². The molecule has 8 nitrogen and oxygen atoms in total. The minimum atomic E-state index is -0.450. The normalized spacial score (nSPS) is 12.0. The fourth-order valence-electron chi connectivity index (χ4n) is 3.18. The first-order valence-corrected chi connectivity index (χ1v) is 10.8. The molecule has 2 rings (SSSR count). The van der Waals surface area contributed by atoms with Gasteiger partial charge in [-0.2, -0.15) is 0 Å². The van der Waals surface area contributed by atoms with Gasteiger partial charge in [0, 0.05) is 25.1 Å². The number of benzene rings is 1. The molecule has 0 saturated heterocycles. The van der Waals surface area contributed by atoms with Crippen molar-refractivity contribution in [3.63, 3.8) is 0 Å². The molecule has 8 heteroatoms. The molecule has 0 fully saturated rings. The van der Waals surface area contributed by atoms with Crippen LogP contribution in [-0.4, -0.2) is 34.7 Å². The third kappa shape index (κ3) is 6.11. The number of unbranched alkanes of at least 4 members (excludes halogenated alkanes) is 2. The number of hydrogen-bond donors (Lipinski definition) is 2. The summed E-state index contributed by atoms with van der Waals surface area (Å²) in [5, 5.41) is 3.32. The zero-order valence-corrected chi connectivity index (χ0v) is 18.4. The second-order valence-electron chi connectivity index (χ2n) is 7.28. The van der Waals surface area contributed by atoms with E-state index >= 15 is 0 Å². The largest absolute Gasteiger partial charge is 0.490 e. The Morgan fingerprint density at radius 1 is 1.07 bits per heavy atom. The summed E-state index contributed by atoms with van der Waals surface area (Å²) in [4.78, 5) is 39.9. The van der Waals surface area contributed by atoms with Gasteiger partial charge in [-0.15, -0.1) is 0 Å². The molecule has 1 atom stereocenters. The van der Waals surface area contributed by atoms with Gasteiger partial charge < -0.3 is 19.8 Å². The van der Waals surface area contributed by atoms with Crippen molar-refractivity contribution in [1.82, 2.24) is 14.9 Å². The van der Waals surface area contributed by atoms with Crippen molar-refractivity contribution >= 4 is 16.8 Å². The number of nitrogens with one attached hydrogen (secondary N) is 2. The molecule has 30 heavy (non-hydrogen) atoms. The monoisotopic (exact) mass is 419 g/mol. The molecule has 0 aliphatic carbocycles. The molecule has 2 aromatic rings. The Bertz CT molecular complexity index is 964. The van der Waals surface area contributed by atoms with Crippen molar-refractivity contribution in [2.45, 2.75) is 72.4 Å². The SMILES string of the molecule is CCOc1cc2[nH]c(=O)n(CCCCCC(=O)NC(C)CC)c(=O)c2cc1OCC. The highest BCUT2D eigenvalue weighted by Crippen LogP contribution is 2.30. The van der Waals surface area contributed by atoms with Gasteiger partial charge in [-0.05, 0) is 46.1 Å². The van der Waals surface area contributed by atoms with Crippen LogP contribution in [0.5, 0.6) is 11.5 Å². The predicted octanol–water partition coefficient (Wildman–Crippen LogP) is 2.96. The predicted molar refractivity (Wildman–Crippen MR) is 118 cm³/mol. The van der Waals surface area contributed by atoms with Crippen LogP contribution in [0.3, 0.4) is 0 Å².